The highest BCUT2D eigenvalue weighted by molar-refractivity contribution is 5.70. The summed E-state index contributed by atoms with van der Waals surface area (Å²) in [4.78, 5) is 10.9. The number of esters is 1. The van der Waals surface area contributed by atoms with Crippen LogP contribution < -0.4 is 9.47 Å². The maximum absolute atomic E-state index is 12.1. The third kappa shape index (κ3) is 4.01. The molecule has 5 heteroatoms. The van der Waals surface area contributed by atoms with E-state index >= 15 is 0 Å². The van der Waals surface area contributed by atoms with Gasteiger partial charge in [-0.1, -0.05) is 13.8 Å². The van der Waals surface area contributed by atoms with Crippen LogP contribution >= 0.6 is 0 Å². The van der Waals surface area contributed by atoms with E-state index in [-0.39, 0.29) is 11.7 Å². The van der Waals surface area contributed by atoms with Crippen molar-refractivity contribution in [3.05, 3.63) is 23.8 Å². The Bertz CT molecular complexity index is 403. The second kappa shape index (κ2) is 5.61. The Kier molecular flexibility index (Phi) is 4.43. The minimum absolute atomic E-state index is 0.0329. The SMILES string of the molecule is CC(=O)Oc1ccc(OC(F)F)cc1C(C)C. The number of rotatable bonds is 4. The maximum Gasteiger partial charge on any atom is 0.387 e. The molecule has 0 aliphatic carbocycles. The van der Waals surface area contributed by atoms with Gasteiger partial charge in [-0.05, 0) is 24.1 Å². The van der Waals surface area contributed by atoms with Crippen molar-refractivity contribution in [3.63, 3.8) is 0 Å². The van der Waals surface area contributed by atoms with Gasteiger partial charge in [-0.2, -0.15) is 8.78 Å². The van der Waals surface area contributed by atoms with E-state index in [2.05, 4.69) is 4.74 Å². The summed E-state index contributed by atoms with van der Waals surface area (Å²) in [7, 11) is 0. The molecule has 0 aliphatic rings. The summed E-state index contributed by atoms with van der Waals surface area (Å²) in [5.41, 5.74) is 0.651. The van der Waals surface area contributed by atoms with Crippen molar-refractivity contribution < 1.29 is 23.0 Å². The molecule has 3 nitrogen and oxygen atoms in total. The molecule has 0 unspecified atom stereocenters. The quantitative estimate of drug-likeness (QED) is 0.602. The first-order chi connectivity index (χ1) is 7.90. The molecule has 0 spiro atoms. The summed E-state index contributed by atoms with van der Waals surface area (Å²) in [6, 6.07) is 4.25. The van der Waals surface area contributed by atoms with Gasteiger partial charge in [0.25, 0.3) is 0 Å². The van der Waals surface area contributed by atoms with Crippen LogP contribution in [0.15, 0.2) is 18.2 Å². The third-order valence-electron chi connectivity index (χ3n) is 2.08. The molecule has 0 amide bonds. The average molecular weight is 244 g/mol. The number of ether oxygens (including phenoxy) is 2. The molecule has 0 radical (unpaired) electrons. The number of alkyl halides is 2. The molecule has 17 heavy (non-hydrogen) atoms. The van der Waals surface area contributed by atoms with Gasteiger partial charge < -0.3 is 9.47 Å². The lowest BCUT2D eigenvalue weighted by atomic mass is 10.0. The topological polar surface area (TPSA) is 35.5 Å². The van der Waals surface area contributed by atoms with Gasteiger partial charge in [0.1, 0.15) is 11.5 Å². The highest BCUT2D eigenvalue weighted by Gasteiger charge is 2.13. The zero-order valence-corrected chi connectivity index (χ0v) is 9.87. The molecule has 0 aliphatic heterocycles. The van der Waals surface area contributed by atoms with Crippen molar-refractivity contribution >= 4 is 5.97 Å². The van der Waals surface area contributed by atoms with E-state index in [1.165, 1.54) is 25.1 Å². The van der Waals surface area contributed by atoms with Gasteiger partial charge in [0.05, 0.1) is 0 Å². The zero-order valence-electron chi connectivity index (χ0n) is 9.87. The van der Waals surface area contributed by atoms with Crippen molar-refractivity contribution in [3.8, 4) is 11.5 Å². The summed E-state index contributed by atoms with van der Waals surface area (Å²) < 4.78 is 33.4. The minimum Gasteiger partial charge on any atom is -0.435 e. The predicted molar refractivity (Wildman–Crippen MR) is 58.5 cm³/mol. The van der Waals surface area contributed by atoms with Gasteiger partial charge in [0.2, 0.25) is 0 Å². The van der Waals surface area contributed by atoms with E-state index in [1.54, 1.807) is 0 Å². The van der Waals surface area contributed by atoms with Crippen LogP contribution in [0.2, 0.25) is 0 Å². The van der Waals surface area contributed by atoms with Crippen molar-refractivity contribution in [1.29, 1.82) is 0 Å². The maximum atomic E-state index is 12.1. The minimum atomic E-state index is -2.87. The van der Waals surface area contributed by atoms with E-state index < -0.39 is 12.6 Å². The van der Waals surface area contributed by atoms with Crippen LogP contribution in [-0.4, -0.2) is 12.6 Å². The lowest BCUT2D eigenvalue weighted by Crippen LogP contribution is -2.06. The molecule has 1 aromatic carbocycles. The fraction of sp³-hybridized carbons (Fsp3) is 0.417. The van der Waals surface area contributed by atoms with Gasteiger partial charge in [0.15, 0.2) is 0 Å². The number of carbonyl (C=O) groups excluding carboxylic acids is 1. The standard InChI is InChI=1S/C12H14F2O3/c1-7(2)10-6-9(17-12(13)14)4-5-11(10)16-8(3)15/h4-7,12H,1-3H3. The van der Waals surface area contributed by atoms with Gasteiger partial charge in [-0.25, -0.2) is 0 Å². The molecule has 1 rings (SSSR count). The first kappa shape index (κ1) is 13.4. The van der Waals surface area contributed by atoms with Crippen LogP contribution in [0, 0.1) is 0 Å². The van der Waals surface area contributed by atoms with Crippen LogP contribution in [0.1, 0.15) is 32.3 Å². The average Bonchev–Trinajstić information content (AvgIpc) is 2.18. The molecule has 0 N–H and O–H groups in total. The van der Waals surface area contributed by atoms with Crippen LogP contribution in [0.25, 0.3) is 0 Å². The van der Waals surface area contributed by atoms with Crippen molar-refractivity contribution in [2.75, 3.05) is 0 Å². The van der Waals surface area contributed by atoms with Crippen LogP contribution in [0.5, 0.6) is 11.5 Å². The third-order valence-corrected chi connectivity index (χ3v) is 2.08. The Balaban J connectivity index is 3.03. The first-order valence-corrected chi connectivity index (χ1v) is 5.17. The lowest BCUT2D eigenvalue weighted by Gasteiger charge is -2.14. The van der Waals surface area contributed by atoms with Gasteiger partial charge in [-0.3, -0.25) is 4.79 Å². The molecule has 0 saturated heterocycles. The number of hydrogen-bond donors (Lipinski definition) is 0. The van der Waals surface area contributed by atoms with E-state index in [1.807, 2.05) is 13.8 Å². The molecule has 0 saturated carbocycles. The van der Waals surface area contributed by atoms with E-state index in [0.29, 0.717) is 11.3 Å². The van der Waals surface area contributed by atoms with Gasteiger partial charge in [-0.15, -0.1) is 0 Å². The van der Waals surface area contributed by atoms with Crippen molar-refractivity contribution in [2.24, 2.45) is 0 Å². The number of carbonyl (C=O) groups is 1. The van der Waals surface area contributed by atoms with Gasteiger partial charge in [0, 0.05) is 12.5 Å². The molecule has 0 heterocycles. The smallest absolute Gasteiger partial charge is 0.387 e. The lowest BCUT2D eigenvalue weighted by molar-refractivity contribution is -0.131. The highest BCUT2D eigenvalue weighted by atomic mass is 19.3. The Morgan fingerprint density at radius 3 is 2.41 bits per heavy atom. The molecular weight excluding hydrogens is 230 g/mol. The summed E-state index contributed by atoms with van der Waals surface area (Å²) in [6.45, 7) is 2.16. The molecule has 94 valence electrons. The highest BCUT2D eigenvalue weighted by Crippen LogP contribution is 2.31. The summed E-state index contributed by atoms with van der Waals surface area (Å²) in [5.74, 6) is 0.00807. The number of benzene rings is 1. The first-order valence-electron chi connectivity index (χ1n) is 5.17. The normalized spacial score (nSPS) is 10.8. The van der Waals surface area contributed by atoms with Crippen LogP contribution in [0.3, 0.4) is 0 Å². The van der Waals surface area contributed by atoms with Crippen molar-refractivity contribution in [2.45, 2.75) is 33.3 Å². The number of hydrogen-bond acceptors (Lipinski definition) is 3. The summed E-state index contributed by atoms with van der Waals surface area (Å²) in [5, 5.41) is 0. The largest absolute Gasteiger partial charge is 0.435 e. The fourth-order valence-electron chi connectivity index (χ4n) is 1.40. The Labute approximate surface area is 98.3 Å². The van der Waals surface area contributed by atoms with E-state index in [4.69, 9.17) is 4.74 Å². The molecule has 0 aromatic heterocycles. The Morgan fingerprint density at radius 2 is 1.94 bits per heavy atom. The van der Waals surface area contributed by atoms with E-state index in [0.717, 1.165) is 0 Å². The summed E-state index contributed by atoms with van der Waals surface area (Å²) in [6.07, 6.45) is 0. The summed E-state index contributed by atoms with van der Waals surface area (Å²) >= 11 is 0. The monoisotopic (exact) mass is 244 g/mol. The molecule has 0 atom stereocenters. The molecular formula is C12H14F2O3. The van der Waals surface area contributed by atoms with Gasteiger partial charge >= 0.3 is 12.6 Å². The zero-order chi connectivity index (χ0) is 13.0. The fourth-order valence-corrected chi connectivity index (χ4v) is 1.40. The second-order valence-corrected chi connectivity index (χ2v) is 3.83. The second-order valence-electron chi connectivity index (χ2n) is 3.83. The number of halogens is 2. The molecule has 0 bridgehead atoms. The Morgan fingerprint density at radius 1 is 1.29 bits per heavy atom. The van der Waals surface area contributed by atoms with Crippen LogP contribution in [-0.2, 0) is 4.79 Å². The molecule has 1 aromatic rings. The molecule has 0 fully saturated rings. The van der Waals surface area contributed by atoms with E-state index in [9.17, 15) is 13.6 Å². The van der Waals surface area contributed by atoms with Crippen molar-refractivity contribution in [1.82, 2.24) is 0 Å². The van der Waals surface area contributed by atoms with Crippen LogP contribution in [0.4, 0.5) is 8.78 Å². The predicted octanol–water partition coefficient (Wildman–Crippen LogP) is 3.34. The Hall–Kier alpha value is -1.65.